The highest BCUT2D eigenvalue weighted by Gasteiger charge is 2.41. The van der Waals surface area contributed by atoms with Crippen LogP contribution >= 0.6 is 0 Å². The van der Waals surface area contributed by atoms with Crippen molar-refractivity contribution in [3.63, 3.8) is 0 Å². The maximum absolute atomic E-state index is 13.0. The zero-order valence-electron chi connectivity index (χ0n) is 14.0. The van der Waals surface area contributed by atoms with Crippen LogP contribution in [0.3, 0.4) is 0 Å². The number of benzene rings is 1. The quantitative estimate of drug-likeness (QED) is 0.774. The summed E-state index contributed by atoms with van der Waals surface area (Å²) in [5.41, 5.74) is 4.89. The van der Waals surface area contributed by atoms with Gasteiger partial charge in [0.25, 0.3) is 0 Å². The Bertz CT molecular complexity index is 808. The molecule has 1 aromatic carbocycles. The van der Waals surface area contributed by atoms with Crippen LogP contribution in [0.2, 0.25) is 0 Å². The van der Waals surface area contributed by atoms with Crippen molar-refractivity contribution in [3.8, 4) is 0 Å². The summed E-state index contributed by atoms with van der Waals surface area (Å²) in [6.45, 7) is 8.60. The molecule has 4 rings (SSSR count). The minimum Gasteiger partial charge on any atom is -0.376 e. The largest absolute Gasteiger partial charge is 0.376 e. The molecular weight excluding hydrogens is 322 g/mol. The van der Waals surface area contributed by atoms with Crippen LogP contribution in [0.25, 0.3) is 0 Å². The second-order valence-electron chi connectivity index (χ2n) is 7.12. The molecule has 128 valence electrons. The molecule has 2 saturated heterocycles. The predicted octanol–water partition coefficient (Wildman–Crippen LogP) is 2.91. The van der Waals surface area contributed by atoms with E-state index in [-0.39, 0.29) is 0 Å². The summed E-state index contributed by atoms with van der Waals surface area (Å²) in [4.78, 5) is 0.388. The average Bonchev–Trinajstić information content (AvgIpc) is 3.17. The molecular formula is C19H23NO3S. The van der Waals surface area contributed by atoms with Crippen LogP contribution in [-0.4, -0.2) is 39.0 Å². The van der Waals surface area contributed by atoms with Gasteiger partial charge in [0.2, 0.25) is 10.0 Å². The fraction of sp³-hybridized carbons (Fsp3) is 0.474. The van der Waals surface area contributed by atoms with E-state index in [1.54, 1.807) is 16.4 Å². The van der Waals surface area contributed by atoms with E-state index in [0.717, 1.165) is 18.4 Å². The first-order chi connectivity index (χ1) is 11.5. The Kier molecular flexibility index (Phi) is 3.90. The van der Waals surface area contributed by atoms with Gasteiger partial charge in [0.15, 0.2) is 0 Å². The molecule has 1 aliphatic carbocycles. The molecule has 2 fully saturated rings. The molecule has 0 spiro atoms. The number of nitrogens with zero attached hydrogens (tertiary/aromatic N) is 1. The molecule has 1 aromatic rings. The van der Waals surface area contributed by atoms with Gasteiger partial charge < -0.3 is 4.74 Å². The zero-order valence-corrected chi connectivity index (χ0v) is 14.8. The predicted molar refractivity (Wildman–Crippen MR) is 93.1 cm³/mol. The highest BCUT2D eigenvalue weighted by Crippen LogP contribution is 2.43. The molecule has 0 radical (unpaired) electrons. The zero-order chi connectivity index (χ0) is 16.9. The third kappa shape index (κ3) is 2.55. The van der Waals surface area contributed by atoms with Crippen molar-refractivity contribution in [3.05, 3.63) is 53.1 Å². The number of hydrogen-bond acceptors (Lipinski definition) is 3. The molecule has 2 aliphatic heterocycles. The minimum absolute atomic E-state index is 0.298. The van der Waals surface area contributed by atoms with Gasteiger partial charge in [-0.1, -0.05) is 29.8 Å². The first-order valence-corrected chi connectivity index (χ1v) is 9.95. The van der Waals surface area contributed by atoms with E-state index < -0.39 is 10.0 Å². The minimum atomic E-state index is -3.43. The number of ether oxygens (including phenoxy) is 1. The van der Waals surface area contributed by atoms with Gasteiger partial charge in [-0.3, -0.25) is 0 Å². The third-order valence-corrected chi connectivity index (χ3v) is 7.43. The molecule has 3 aliphatic rings. The first kappa shape index (κ1) is 16.1. The Morgan fingerprint density at radius 2 is 1.96 bits per heavy atom. The summed E-state index contributed by atoms with van der Waals surface area (Å²) in [6.07, 6.45) is 1.96. The first-order valence-electron chi connectivity index (χ1n) is 8.51. The van der Waals surface area contributed by atoms with Gasteiger partial charge >= 0.3 is 0 Å². The smallest absolute Gasteiger partial charge is 0.243 e. The van der Waals surface area contributed by atoms with Crippen molar-refractivity contribution in [2.75, 3.05) is 26.3 Å². The average molecular weight is 345 g/mol. The normalized spacial score (nSPS) is 28.0. The summed E-state index contributed by atoms with van der Waals surface area (Å²) >= 11 is 0. The number of aryl methyl sites for hydroxylation is 1. The maximum atomic E-state index is 13.0. The Morgan fingerprint density at radius 1 is 1.21 bits per heavy atom. The fourth-order valence-electron chi connectivity index (χ4n) is 4.11. The lowest BCUT2D eigenvalue weighted by molar-refractivity contribution is 0.192. The van der Waals surface area contributed by atoms with E-state index in [1.807, 2.05) is 19.1 Å². The Hall–Kier alpha value is -1.43. The molecule has 0 saturated carbocycles. The van der Waals surface area contributed by atoms with Crippen LogP contribution in [0.4, 0.5) is 0 Å². The summed E-state index contributed by atoms with van der Waals surface area (Å²) in [5, 5.41) is 0. The topological polar surface area (TPSA) is 46.6 Å². The monoisotopic (exact) mass is 345 g/mol. The Labute approximate surface area is 143 Å². The highest BCUT2D eigenvalue weighted by atomic mass is 32.2. The molecule has 2 heterocycles. The van der Waals surface area contributed by atoms with E-state index in [4.69, 9.17) is 4.74 Å². The number of rotatable bonds is 2. The SMILES string of the molecule is C=C1CC[C@H]2CN(S(=O)(=O)c3ccc(C)cc3)CC2=C2COC[C@@H]12. The van der Waals surface area contributed by atoms with Crippen LogP contribution in [0.15, 0.2) is 52.5 Å². The lowest BCUT2D eigenvalue weighted by Gasteiger charge is -2.17. The van der Waals surface area contributed by atoms with Crippen molar-refractivity contribution in [1.29, 1.82) is 0 Å². The molecule has 24 heavy (non-hydrogen) atoms. The summed E-state index contributed by atoms with van der Waals surface area (Å²) < 4.78 is 33.3. The van der Waals surface area contributed by atoms with Crippen molar-refractivity contribution in [2.45, 2.75) is 24.7 Å². The third-order valence-electron chi connectivity index (χ3n) is 5.60. The van der Waals surface area contributed by atoms with Crippen molar-refractivity contribution in [2.24, 2.45) is 11.8 Å². The fourth-order valence-corrected chi connectivity index (χ4v) is 5.58. The summed E-state index contributed by atoms with van der Waals surface area (Å²) in [7, 11) is -3.43. The lowest BCUT2D eigenvalue weighted by Crippen LogP contribution is -2.29. The molecule has 0 aromatic heterocycles. The molecule has 2 atom stereocenters. The van der Waals surface area contributed by atoms with Gasteiger partial charge in [-0.05, 0) is 49.0 Å². The van der Waals surface area contributed by atoms with E-state index >= 15 is 0 Å². The highest BCUT2D eigenvalue weighted by molar-refractivity contribution is 7.89. The van der Waals surface area contributed by atoms with Crippen molar-refractivity contribution < 1.29 is 13.2 Å². The molecule has 5 heteroatoms. The number of sulfonamides is 1. The van der Waals surface area contributed by atoms with Crippen molar-refractivity contribution in [1.82, 2.24) is 4.31 Å². The van der Waals surface area contributed by atoms with E-state index in [2.05, 4.69) is 6.58 Å². The second kappa shape index (κ2) is 5.83. The number of hydrogen-bond donors (Lipinski definition) is 0. The lowest BCUT2D eigenvalue weighted by atomic mass is 9.91. The van der Waals surface area contributed by atoms with Crippen LogP contribution in [0.1, 0.15) is 18.4 Å². The Morgan fingerprint density at radius 3 is 2.71 bits per heavy atom. The van der Waals surface area contributed by atoms with Crippen LogP contribution in [0.5, 0.6) is 0 Å². The van der Waals surface area contributed by atoms with Gasteiger partial charge in [0.1, 0.15) is 0 Å². The molecule has 4 nitrogen and oxygen atoms in total. The summed E-state index contributed by atoms with van der Waals surface area (Å²) in [6, 6.07) is 7.13. The molecule has 0 amide bonds. The molecule has 0 bridgehead atoms. The van der Waals surface area contributed by atoms with Gasteiger partial charge in [-0.15, -0.1) is 0 Å². The number of fused-ring (bicyclic) bond motifs is 2. The van der Waals surface area contributed by atoms with Gasteiger partial charge in [-0.25, -0.2) is 8.42 Å². The van der Waals surface area contributed by atoms with E-state index in [1.165, 1.54) is 16.7 Å². The van der Waals surface area contributed by atoms with Crippen LogP contribution < -0.4 is 0 Å². The van der Waals surface area contributed by atoms with Gasteiger partial charge in [0.05, 0.1) is 18.1 Å². The molecule has 0 N–H and O–H groups in total. The van der Waals surface area contributed by atoms with Gasteiger partial charge in [-0.2, -0.15) is 4.31 Å². The molecule has 0 unspecified atom stereocenters. The van der Waals surface area contributed by atoms with Gasteiger partial charge in [0, 0.05) is 19.0 Å². The summed E-state index contributed by atoms with van der Waals surface area (Å²) in [5.74, 6) is 0.607. The van der Waals surface area contributed by atoms with Crippen LogP contribution in [0, 0.1) is 18.8 Å². The van der Waals surface area contributed by atoms with Crippen molar-refractivity contribution >= 4 is 10.0 Å². The second-order valence-corrected chi connectivity index (χ2v) is 9.06. The maximum Gasteiger partial charge on any atom is 0.243 e. The standard InChI is InChI=1S/C19H23NO3S/c1-13-3-7-16(8-4-13)24(21,22)20-9-15-6-5-14(2)18-11-23-12-19(18)17(15)10-20/h3-4,7-8,15,18H,2,5-6,9-12H2,1H3/t15-,18-/m0/s1. The Balaban J connectivity index is 1.67. The van der Waals surface area contributed by atoms with Crippen LogP contribution in [-0.2, 0) is 14.8 Å². The van der Waals surface area contributed by atoms with E-state index in [0.29, 0.717) is 43.0 Å². The van der Waals surface area contributed by atoms with E-state index in [9.17, 15) is 8.42 Å².